The highest BCUT2D eigenvalue weighted by Crippen LogP contribution is 2.39. The van der Waals surface area contributed by atoms with E-state index in [2.05, 4.69) is 24.8 Å². The number of halogens is 3. The van der Waals surface area contributed by atoms with E-state index in [1.165, 1.54) is 12.1 Å². The Hall–Kier alpha value is -3.32. The van der Waals surface area contributed by atoms with Crippen LogP contribution in [0.15, 0.2) is 48.5 Å². The molecule has 1 amide bonds. The van der Waals surface area contributed by atoms with Gasteiger partial charge in [-0.15, -0.1) is 9.24 Å². The molecule has 6 nitrogen and oxygen atoms in total. The number of ether oxygens (including phenoxy) is 1. The van der Waals surface area contributed by atoms with Crippen LogP contribution < -0.4 is 20.3 Å². The van der Waals surface area contributed by atoms with Gasteiger partial charge >= 0.3 is 6.18 Å². The Bertz CT molecular complexity index is 1230. The van der Waals surface area contributed by atoms with Crippen LogP contribution in [-0.2, 0) is 12.8 Å². The third-order valence-corrected chi connectivity index (χ3v) is 6.13. The molecule has 4 rings (SSSR count). The van der Waals surface area contributed by atoms with Gasteiger partial charge in [0.25, 0.3) is 5.91 Å². The third-order valence-electron chi connectivity index (χ3n) is 5.65. The van der Waals surface area contributed by atoms with Gasteiger partial charge in [-0.1, -0.05) is 12.1 Å². The number of anilines is 2. The molecule has 0 bridgehead atoms. The van der Waals surface area contributed by atoms with Gasteiger partial charge in [0.05, 0.1) is 17.0 Å². The zero-order chi connectivity index (χ0) is 25.0. The maximum Gasteiger partial charge on any atom is 0.418 e. The standard InChI is InChI=1S/C25H26F3N4O2P/c1-2-5-18-13-19(31-30-18)15-34-22-12-16(6-9-23(22)35)24(33)29-17-7-8-21(32-10-3-4-11-32)20(14-17)25(26,27)28/h2,5-9,12-14H,3-4,10-11,15,35H2,1H3,(H,29,33)(H,30,31)/b5-2+. The van der Waals surface area contributed by atoms with Crippen LogP contribution in [-0.4, -0.2) is 29.2 Å². The predicted octanol–water partition coefficient (Wildman–Crippen LogP) is 5.39. The van der Waals surface area contributed by atoms with E-state index in [1.54, 1.807) is 23.1 Å². The Balaban J connectivity index is 1.49. The van der Waals surface area contributed by atoms with Crippen LogP contribution in [0, 0.1) is 0 Å². The largest absolute Gasteiger partial charge is 0.487 e. The van der Waals surface area contributed by atoms with Crippen molar-refractivity contribution in [3.63, 3.8) is 0 Å². The first-order chi connectivity index (χ1) is 16.7. The van der Waals surface area contributed by atoms with Crippen molar-refractivity contribution in [2.24, 2.45) is 0 Å². The first-order valence-electron chi connectivity index (χ1n) is 11.2. The van der Waals surface area contributed by atoms with Gasteiger partial charge in [-0.25, -0.2) is 0 Å². The van der Waals surface area contributed by atoms with Crippen LogP contribution in [0.5, 0.6) is 5.75 Å². The summed E-state index contributed by atoms with van der Waals surface area (Å²) in [6.07, 6.45) is 0.932. The van der Waals surface area contributed by atoms with Crippen LogP contribution in [0.25, 0.3) is 6.08 Å². The minimum absolute atomic E-state index is 0.0802. The van der Waals surface area contributed by atoms with Gasteiger partial charge in [0.2, 0.25) is 0 Å². The lowest BCUT2D eigenvalue weighted by molar-refractivity contribution is -0.137. The molecule has 3 aromatic rings. The highest BCUT2D eigenvalue weighted by atomic mass is 31.0. The average molecular weight is 502 g/mol. The number of carbonyl (C=O) groups is 1. The molecule has 1 aromatic heterocycles. The second-order valence-corrected chi connectivity index (χ2v) is 8.86. The summed E-state index contributed by atoms with van der Waals surface area (Å²) in [6.45, 7) is 3.29. The molecule has 0 aliphatic carbocycles. The summed E-state index contributed by atoms with van der Waals surface area (Å²) in [5, 5.41) is 10.4. The van der Waals surface area contributed by atoms with Gasteiger partial charge in [-0.2, -0.15) is 18.3 Å². The minimum atomic E-state index is -4.53. The number of alkyl halides is 3. The number of nitrogens with one attached hydrogen (secondary N) is 2. The summed E-state index contributed by atoms with van der Waals surface area (Å²) >= 11 is 0. The molecule has 2 heterocycles. The zero-order valence-corrected chi connectivity index (χ0v) is 20.3. The summed E-state index contributed by atoms with van der Waals surface area (Å²) in [5.74, 6) is -0.0657. The number of hydrogen-bond donors (Lipinski definition) is 2. The maximum absolute atomic E-state index is 13.7. The molecule has 1 aliphatic heterocycles. The topological polar surface area (TPSA) is 70.2 Å². The van der Waals surface area contributed by atoms with Gasteiger partial charge in [0.15, 0.2) is 0 Å². The molecule has 1 atom stereocenters. The van der Waals surface area contributed by atoms with Gasteiger partial charge in [-0.05, 0) is 62.2 Å². The predicted molar refractivity (Wildman–Crippen MR) is 134 cm³/mol. The summed E-state index contributed by atoms with van der Waals surface area (Å²) in [5.41, 5.74) is 1.28. The number of allylic oxidation sites excluding steroid dienone is 1. The van der Waals surface area contributed by atoms with Crippen LogP contribution in [0.3, 0.4) is 0 Å². The summed E-state index contributed by atoms with van der Waals surface area (Å²) in [6, 6.07) is 10.6. The van der Waals surface area contributed by atoms with Crippen LogP contribution in [0.2, 0.25) is 0 Å². The molecule has 0 saturated carbocycles. The van der Waals surface area contributed by atoms with E-state index < -0.39 is 17.6 Å². The number of aromatic nitrogens is 2. The molecule has 2 N–H and O–H groups in total. The molecule has 1 aliphatic rings. The van der Waals surface area contributed by atoms with Crippen molar-refractivity contribution in [3.05, 3.63) is 71.1 Å². The number of aromatic amines is 1. The first kappa shape index (κ1) is 24.8. The van der Waals surface area contributed by atoms with Crippen molar-refractivity contribution in [1.82, 2.24) is 10.2 Å². The number of H-pyrrole nitrogens is 1. The molecule has 0 radical (unpaired) electrons. The zero-order valence-electron chi connectivity index (χ0n) is 19.2. The van der Waals surface area contributed by atoms with E-state index >= 15 is 0 Å². The lowest BCUT2D eigenvalue weighted by atomic mass is 10.1. The van der Waals surface area contributed by atoms with Crippen LogP contribution >= 0.6 is 9.24 Å². The second kappa shape index (κ2) is 10.5. The van der Waals surface area contributed by atoms with Gasteiger partial charge < -0.3 is 15.0 Å². The maximum atomic E-state index is 13.7. The molecule has 184 valence electrons. The van der Waals surface area contributed by atoms with E-state index in [0.29, 0.717) is 18.8 Å². The Morgan fingerprint density at radius 2 is 1.97 bits per heavy atom. The molecule has 1 saturated heterocycles. The SMILES string of the molecule is C/C=C/c1cc(COc2cc(C(=O)Nc3ccc(N4CCCC4)c(C(F)(F)F)c3)ccc2P)[nH]n1. The monoisotopic (exact) mass is 502 g/mol. The lowest BCUT2D eigenvalue weighted by Crippen LogP contribution is -2.22. The number of amides is 1. The Labute approximate surface area is 203 Å². The molecule has 1 fully saturated rings. The average Bonchev–Trinajstić information content (AvgIpc) is 3.51. The quantitative estimate of drug-likeness (QED) is 0.425. The molecule has 0 spiro atoms. The Kier molecular flexibility index (Phi) is 7.45. The number of nitrogens with zero attached hydrogens (tertiary/aromatic N) is 2. The van der Waals surface area contributed by atoms with Crippen molar-refractivity contribution in [1.29, 1.82) is 0 Å². The number of carbonyl (C=O) groups excluding carboxylic acids is 1. The first-order valence-corrected chi connectivity index (χ1v) is 11.8. The number of benzene rings is 2. The highest BCUT2D eigenvalue weighted by molar-refractivity contribution is 7.27. The van der Waals surface area contributed by atoms with Crippen molar-refractivity contribution in [3.8, 4) is 5.75 Å². The fourth-order valence-electron chi connectivity index (χ4n) is 3.94. The molecular formula is C25H26F3N4O2P. The molecular weight excluding hydrogens is 476 g/mol. The summed E-state index contributed by atoms with van der Waals surface area (Å²) in [7, 11) is 2.54. The number of rotatable bonds is 7. The third kappa shape index (κ3) is 6.03. The Morgan fingerprint density at radius 1 is 1.20 bits per heavy atom. The number of hydrogen-bond acceptors (Lipinski definition) is 4. The van der Waals surface area contributed by atoms with Gasteiger partial charge in [-0.3, -0.25) is 9.89 Å². The lowest BCUT2D eigenvalue weighted by Gasteiger charge is -2.23. The van der Waals surface area contributed by atoms with Crippen molar-refractivity contribution < 1.29 is 22.7 Å². The summed E-state index contributed by atoms with van der Waals surface area (Å²) < 4.78 is 47.1. The van der Waals surface area contributed by atoms with E-state index in [-0.39, 0.29) is 23.5 Å². The minimum Gasteiger partial charge on any atom is -0.487 e. The molecule has 35 heavy (non-hydrogen) atoms. The molecule has 10 heteroatoms. The highest BCUT2D eigenvalue weighted by Gasteiger charge is 2.36. The van der Waals surface area contributed by atoms with Crippen LogP contribution in [0.1, 0.15) is 47.1 Å². The van der Waals surface area contributed by atoms with E-state index in [0.717, 1.165) is 35.6 Å². The van der Waals surface area contributed by atoms with Gasteiger partial charge in [0.1, 0.15) is 12.4 Å². The summed E-state index contributed by atoms with van der Waals surface area (Å²) in [4.78, 5) is 14.6. The van der Waals surface area contributed by atoms with E-state index in [9.17, 15) is 18.0 Å². The van der Waals surface area contributed by atoms with E-state index in [4.69, 9.17) is 4.74 Å². The second-order valence-electron chi connectivity index (χ2n) is 8.24. The van der Waals surface area contributed by atoms with Crippen LogP contribution in [0.4, 0.5) is 24.5 Å². The molecule has 1 unspecified atom stereocenters. The van der Waals surface area contributed by atoms with Gasteiger partial charge in [0, 0.05) is 35.3 Å². The van der Waals surface area contributed by atoms with Crippen molar-refractivity contribution in [2.45, 2.75) is 32.5 Å². The fraction of sp³-hybridized carbons (Fsp3) is 0.280. The van der Waals surface area contributed by atoms with E-state index in [1.807, 2.05) is 25.1 Å². The smallest absolute Gasteiger partial charge is 0.418 e. The Morgan fingerprint density at radius 3 is 2.69 bits per heavy atom. The molecule has 2 aromatic carbocycles. The fourth-order valence-corrected chi connectivity index (χ4v) is 4.21. The van der Waals surface area contributed by atoms with Crippen molar-refractivity contribution >= 4 is 37.9 Å². The van der Waals surface area contributed by atoms with Crippen molar-refractivity contribution in [2.75, 3.05) is 23.3 Å². The normalized spacial score (nSPS) is 14.0.